The molecule has 4 aliphatic heterocycles. The molecular weight excluding hydrogens is 852 g/mol. The van der Waals surface area contributed by atoms with Gasteiger partial charge in [0.25, 0.3) is 0 Å². The summed E-state index contributed by atoms with van der Waals surface area (Å²) < 4.78 is 41.6. The molecule has 4 heterocycles. The topological polar surface area (TPSA) is 284 Å². The molecule has 0 unspecified atom stereocenters. The predicted molar refractivity (Wildman–Crippen MR) is 224 cm³/mol. The van der Waals surface area contributed by atoms with Gasteiger partial charge in [0.1, 0.15) is 78.2 Å². The van der Waals surface area contributed by atoms with Crippen molar-refractivity contribution < 1.29 is 89.0 Å². The maximum atomic E-state index is 14.3. The van der Waals surface area contributed by atoms with E-state index in [1.807, 2.05) is 13.8 Å². The highest BCUT2D eigenvalue weighted by Crippen LogP contribution is 2.80. The predicted octanol–water partition coefficient (Wildman–Crippen LogP) is -0.00760. The second-order valence-electron chi connectivity index (χ2n) is 23.3. The van der Waals surface area contributed by atoms with Gasteiger partial charge in [-0.25, -0.2) is 0 Å². The van der Waals surface area contributed by atoms with Crippen molar-refractivity contribution in [3.63, 3.8) is 0 Å². The maximum absolute atomic E-state index is 14.3. The number of cyclic esters (lactones) is 1. The smallest absolute Gasteiger partial charge is 0.315 e. The van der Waals surface area contributed by atoms with Gasteiger partial charge >= 0.3 is 5.97 Å². The molecule has 4 saturated heterocycles. The van der Waals surface area contributed by atoms with Crippen molar-refractivity contribution in [3.05, 3.63) is 0 Å². The van der Waals surface area contributed by atoms with Gasteiger partial charge in [-0.05, 0) is 117 Å². The van der Waals surface area contributed by atoms with Gasteiger partial charge < -0.3 is 84.2 Å². The number of fused-ring (bicyclic) bond motifs is 5. The summed E-state index contributed by atoms with van der Waals surface area (Å²) in [4.78, 5) is 14.3. The van der Waals surface area contributed by atoms with Gasteiger partial charge in [0.15, 0.2) is 18.9 Å². The van der Waals surface area contributed by atoms with Gasteiger partial charge in [-0.3, -0.25) is 4.79 Å². The average Bonchev–Trinajstić information content (AvgIpc) is 3.69. The van der Waals surface area contributed by atoms with Crippen molar-refractivity contribution in [2.45, 2.75) is 209 Å². The number of rotatable bonds is 10. The number of carbonyl (C=O) groups excluding carboxylic acids is 1. The Morgan fingerprint density at radius 1 is 0.569 bits per heavy atom. The molecule has 9 fully saturated rings. The molecule has 10 N–H and O–H groups in total. The zero-order valence-corrected chi connectivity index (χ0v) is 38.7. The number of esters is 1. The lowest BCUT2D eigenvalue weighted by molar-refractivity contribution is -0.352. The number of aliphatic hydroxyl groups is 10. The second kappa shape index (κ2) is 16.7. The van der Waals surface area contributed by atoms with Gasteiger partial charge in [0.05, 0.1) is 32.0 Å². The summed E-state index contributed by atoms with van der Waals surface area (Å²) in [5.41, 5.74) is -3.37. The fourth-order valence-corrected chi connectivity index (χ4v) is 16.6. The molecule has 0 aromatic carbocycles. The van der Waals surface area contributed by atoms with Crippen LogP contribution in [0.15, 0.2) is 0 Å². The average molecular weight is 929 g/mol. The minimum absolute atomic E-state index is 0.0180. The van der Waals surface area contributed by atoms with Gasteiger partial charge in [0.2, 0.25) is 0 Å². The van der Waals surface area contributed by atoms with Crippen LogP contribution in [0.4, 0.5) is 0 Å². The van der Waals surface area contributed by atoms with Crippen LogP contribution in [0.5, 0.6) is 0 Å². The van der Waals surface area contributed by atoms with Crippen LogP contribution in [0.2, 0.25) is 0 Å². The molecule has 0 radical (unpaired) electrons. The van der Waals surface area contributed by atoms with Gasteiger partial charge in [-0.15, -0.1) is 0 Å². The third kappa shape index (κ3) is 6.96. The zero-order valence-electron chi connectivity index (χ0n) is 38.7. The fourth-order valence-electron chi connectivity index (χ4n) is 16.6. The van der Waals surface area contributed by atoms with Crippen LogP contribution in [-0.4, -0.2) is 181 Å². The molecule has 9 aliphatic rings. The molecule has 2 bridgehead atoms. The summed E-state index contributed by atoms with van der Waals surface area (Å²) in [5.74, 6) is 0.322. The van der Waals surface area contributed by atoms with Gasteiger partial charge in [0, 0.05) is 5.92 Å². The Morgan fingerprint density at radius 3 is 1.85 bits per heavy atom. The lowest BCUT2D eigenvalue weighted by Crippen LogP contribution is -2.74. The minimum atomic E-state index is -1.76. The fraction of sp³-hybridized carbons (Fsp3) is 0.979. The molecule has 0 aromatic heterocycles. The highest BCUT2D eigenvalue weighted by atomic mass is 16.8. The third-order valence-corrected chi connectivity index (χ3v) is 20.1. The first-order valence-electron chi connectivity index (χ1n) is 24.3. The molecule has 24 atom stereocenters. The summed E-state index contributed by atoms with van der Waals surface area (Å²) in [6, 6.07) is 0. The van der Waals surface area contributed by atoms with Crippen LogP contribution in [0.1, 0.15) is 112 Å². The van der Waals surface area contributed by atoms with E-state index in [4.69, 9.17) is 33.2 Å². The third-order valence-electron chi connectivity index (χ3n) is 20.1. The number of aliphatic hydroxyl groups excluding tert-OH is 9. The van der Waals surface area contributed by atoms with E-state index < -0.39 is 122 Å². The van der Waals surface area contributed by atoms with Crippen LogP contribution in [0.25, 0.3) is 0 Å². The van der Waals surface area contributed by atoms with Crippen molar-refractivity contribution >= 4 is 5.97 Å². The summed E-state index contributed by atoms with van der Waals surface area (Å²) in [6.07, 6.45) is -12.1. The molecule has 18 heteroatoms. The van der Waals surface area contributed by atoms with E-state index in [9.17, 15) is 55.9 Å². The first-order chi connectivity index (χ1) is 30.5. The Kier molecular flexibility index (Phi) is 12.6. The molecule has 0 amide bonds. The van der Waals surface area contributed by atoms with Crippen molar-refractivity contribution in [3.8, 4) is 0 Å². The SMILES string of the molecule is CC1(C)OC(=O)[C@]23CC[C@H]1[C@]2(O)CC[C@]1(C)[C@@H]3CC[C@H]2[C@]3(C)CCC[C@](C)(CO[C@H]4O[C@@H](CO[C@H]5O[C@@H](CO)[C@H](O)[C@@H](O)[C@@H]5O[C@H]5O[C@H](CO)[C@@H](O)[C@@H]5O)[C@H](O)[C@@H](O)[C@@H]4O)[C@@H]3CC[C@]21C. The monoisotopic (exact) mass is 929 g/mol. The maximum Gasteiger partial charge on any atom is 0.315 e. The molecule has 5 saturated carbocycles. The normalized spacial score (nSPS) is 57.1. The van der Waals surface area contributed by atoms with Gasteiger partial charge in [-0.2, -0.15) is 0 Å². The van der Waals surface area contributed by atoms with Crippen LogP contribution in [0, 0.1) is 50.7 Å². The first kappa shape index (κ1) is 48.8. The highest BCUT2D eigenvalue weighted by molar-refractivity contribution is 5.82. The lowest BCUT2D eigenvalue weighted by Gasteiger charge is -2.74. The van der Waals surface area contributed by atoms with E-state index in [1.54, 1.807) is 0 Å². The Bertz CT molecular complexity index is 1770. The lowest BCUT2D eigenvalue weighted by atomic mass is 9.31. The Morgan fingerprint density at radius 2 is 1.15 bits per heavy atom. The molecule has 0 aromatic rings. The number of hydrogen-bond donors (Lipinski definition) is 10. The quantitative estimate of drug-likeness (QED) is 0.129. The summed E-state index contributed by atoms with van der Waals surface area (Å²) >= 11 is 0. The van der Waals surface area contributed by atoms with Crippen LogP contribution in [0.3, 0.4) is 0 Å². The summed E-state index contributed by atoms with van der Waals surface area (Å²) in [7, 11) is 0. The van der Waals surface area contributed by atoms with E-state index in [-0.39, 0.29) is 52.0 Å². The largest absolute Gasteiger partial charge is 0.459 e. The molecule has 18 nitrogen and oxygen atoms in total. The summed E-state index contributed by atoms with van der Waals surface area (Å²) in [6.45, 7) is 11.8. The molecule has 9 rings (SSSR count). The zero-order chi connectivity index (χ0) is 47.0. The molecule has 65 heavy (non-hydrogen) atoms. The number of carbonyl (C=O) groups is 1. The minimum Gasteiger partial charge on any atom is -0.459 e. The van der Waals surface area contributed by atoms with E-state index in [0.29, 0.717) is 18.8 Å². The van der Waals surface area contributed by atoms with Crippen LogP contribution < -0.4 is 0 Å². The second-order valence-corrected chi connectivity index (χ2v) is 23.3. The number of hydrogen-bond acceptors (Lipinski definition) is 18. The standard InChI is InChI=1S/C47H76O18/c1-41(2)25-11-15-46(40(57)65-41)28-9-8-27-43(4)13-7-12-42(3,26(43)10-14-44(27,5)45(28,6)16-17-47(25,46)58)21-60-37-35(56)32(53)31(52)24(63-37)20-59-39-36(33(54)29(50)22(18-48)62-39)64-38-34(55)30(51)23(19-49)61-38/h22-39,48-56,58H,7-21H2,1-6H3/t22-,23+,24-,25+,26-,27-,28-,29-,30+,31-,32+,33+,34-,35-,36-,37-,38+,39-,42+,43+,44+,45+,46+,47+/m0/s1. The van der Waals surface area contributed by atoms with Crippen molar-refractivity contribution in [1.82, 2.24) is 0 Å². The van der Waals surface area contributed by atoms with Crippen LogP contribution in [-0.2, 0) is 38.0 Å². The Labute approximate surface area is 380 Å². The highest BCUT2D eigenvalue weighted by Gasteiger charge is 2.81. The Balaban J connectivity index is 0.886. The van der Waals surface area contributed by atoms with Crippen molar-refractivity contribution in [1.29, 1.82) is 0 Å². The summed E-state index contributed by atoms with van der Waals surface area (Å²) in [5, 5.41) is 108. The van der Waals surface area contributed by atoms with Crippen LogP contribution >= 0.6 is 0 Å². The molecule has 0 spiro atoms. The van der Waals surface area contributed by atoms with E-state index >= 15 is 0 Å². The van der Waals surface area contributed by atoms with Crippen molar-refractivity contribution in [2.75, 3.05) is 26.4 Å². The van der Waals surface area contributed by atoms with E-state index in [0.717, 1.165) is 57.8 Å². The molecular formula is C47H76O18. The van der Waals surface area contributed by atoms with E-state index in [1.165, 1.54) is 0 Å². The molecule has 372 valence electrons. The van der Waals surface area contributed by atoms with Crippen molar-refractivity contribution in [2.24, 2.45) is 50.7 Å². The molecule has 5 aliphatic carbocycles. The number of ether oxygens (including phenoxy) is 7. The van der Waals surface area contributed by atoms with Gasteiger partial charge in [-0.1, -0.05) is 34.1 Å². The van der Waals surface area contributed by atoms with E-state index in [2.05, 4.69) is 27.7 Å². The first-order valence-corrected chi connectivity index (χ1v) is 24.3. The Hall–Kier alpha value is -1.17.